The van der Waals surface area contributed by atoms with Gasteiger partial charge in [0.05, 0.1) is 11.7 Å². The Hall–Kier alpha value is -4.46. The summed E-state index contributed by atoms with van der Waals surface area (Å²) >= 11 is 0. The molecule has 0 radical (unpaired) electrons. The van der Waals surface area contributed by atoms with Gasteiger partial charge in [-0.25, -0.2) is 10.2 Å². The van der Waals surface area contributed by atoms with E-state index in [-0.39, 0.29) is 18.2 Å². The number of amidine groups is 1. The number of benzene rings is 4. The van der Waals surface area contributed by atoms with Gasteiger partial charge in [0, 0.05) is 12.6 Å². The number of nitrogens with zero attached hydrogens (tertiary/aromatic N) is 2. The molecular formula is C30H25N3O4. The minimum Gasteiger partial charge on any atom is -0.508 e. The SMILES string of the molecule is O=C1N2C=C(c3ccc(O)cc3)NC(Cc3ccccc3)C2=N[C@@]1(Cc1ccc2ccccc2c1)OO. The van der Waals surface area contributed by atoms with Gasteiger partial charge in [0.1, 0.15) is 11.6 Å². The van der Waals surface area contributed by atoms with Crippen molar-refractivity contribution in [3.8, 4) is 5.75 Å². The molecule has 0 fully saturated rings. The lowest BCUT2D eigenvalue weighted by Crippen LogP contribution is -2.50. The van der Waals surface area contributed by atoms with Crippen LogP contribution in [0, 0.1) is 0 Å². The minimum absolute atomic E-state index is 0.0770. The highest BCUT2D eigenvalue weighted by Gasteiger charge is 2.52. The highest BCUT2D eigenvalue weighted by atomic mass is 17.1. The maximum atomic E-state index is 13.8. The van der Waals surface area contributed by atoms with Crippen molar-refractivity contribution in [3.05, 3.63) is 120 Å². The number of amides is 1. The Balaban J connectivity index is 1.40. The van der Waals surface area contributed by atoms with Gasteiger partial charge in [0.25, 0.3) is 11.6 Å². The van der Waals surface area contributed by atoms with E-state index in [1.165, 1.54) is 4.90 Å². The van der Waals surface area contributed by atoms with E-state index in [9.17, 15) is 15.2 Å². The molecule has 4 aromatic carbocycles. The molecule has 0 aromatic heterocycles. The number of hydrogen-bond acceptors (Lipinski definition) is 6. The predicted octanol–water partition coefficient (Wildman–Crippen LogP) is 4.73. The topological polar surface area (TPSA) is 94.4 Å². The van der Waals surface area contributed by atoms with Crippen LogP contribution in [0.3, 0.4) is 0 Å². The van der Waals surface area contributed by atoms with E-state index < -0.39 is 11.6 Å². The highest BCUT2D eigenvalue weighted by Crippen LogP contribution is 2.34. The number of aromatic hydroxyl groups is 1. The predicted molar refractivity (Wildman–Crippen MR) is 142 cm³/mol. The summed E-state index contributed by atoms with van der Waals surface area (Å²) in [4.78, 5) is 24.9. The first-order valence-electron chi connectivity index (χ1n) is 12.1. The summed E-state index contributed by atoms with van der Waals surface area (Å²) in [5.74, 6) is 0.170. The average molecular weight is 492 g/mol. The Morgan fingerprint density at radius 2 is 1.62 bits per heavy atom. The largest absolute Gasteiger partial charge is 0.508 e. The van der Waals surface area contributed by atoms with Crippen molar-refractivity contribution < 1.29 is 20.0 Å². The van der Waals surface area contributed by atoms with Gasteiger partial charge in [0.2, 0.25) is 0 Å². The molecule has 1 unspecified atom stereocenters. The molecule has 1 amide bonds. The van der Waals surface area contributed by atoms with Crippen LogP contribution >= 0.6 is 0 Å². The Morgan fingerprint density at radius 3 is 2.38 bits per heavy atom. The van der Waals surface area contributed by atoms with Crippen LogP contribution in [0.25, 0.3) is 16.5 Å². The Bertz CT molecular complexity index is 1530. The third-order valence-corrected chi connectivity index (χ3v) is 6.86. The second-order valence-electron chi connectivity index (χ2n) is 9.36. The number of carbonyl (C=O) groups is 1. The van der Waals surface area contributed by atoms with Crippen LogP contribution in [-0.4, -0.2) is 38.8 Å². The molecule has 3 N–H and O–H groups in total. The van der Waals surface area contributed by atoms with Gasteiger partial charge in [-0.2, -0.15) is 4.89 Å². The van der Waals surface area contributed by atoms with Gasteiger partial charge in [-0.15, -0.1) is 0 Å². The smallest absolute Gasteiger partial charge is 0.290 e. The molecule has 0 aliphatic carbocycles. The lowest BCUT2D eigenvalue weighted by atomic mass is 9.99. The number of phenolic OH excluding ortho intramolecular Hbond substituents is 1. The van der Waals surface area contributed by atoms with Crippen molar-refractivity contribution in [2.24, 2.45) is 4.99 Å². The Morgan fingerprint density at radius 1 is 0.892 bits per heavy atom. The lowest BCUT2D eigenvalue weighted by Gasteiger charge is -2.31. The molecule has 7 nitrogen and oxygen atoms in total. The molecule has 2 atom stereocenters. The number of nitrogens with one attached hydrogen (secondary N) is 1. The van der Waals surface area contributed by atoms with Crippen LogP contribution in [0.5, 0.6) is 5.75 Å². The van der Waals surface area contributed by atoms with E-state index in [4.69, 9.17) is 9.88 Å². The molecule has 0 spiro atoms. The van der Waals surface area contributed by atoms with Crippen molar-refractivity contribution in [2.45, 2.75) is 24.6 Å². The van der Waals surface area contributed by atoms with Gasteiger partial charge in [-0.05, 0) is 58.1 Å². The van der Waals surface area contributed by atoms with Crippen molar-refractivity contribution in [1.29, 1.82) is 0 Å². The Kier molecular flexibility index (Phi) is 5.71. The maximum Gasteiger partial charge on any atom is 0.290 e. The Labute approximate surface area is 213 Å². The summed E-state index contributed by atoms with van der Waals surface area (Å²) in [5.41, 5.74) is 1.60. The van der Waals surface area contributed by atoms with Gasteiger partial charge < -0.3 is 10.4 Å². The number of rotatable bonds is 6. The second kappa shape index (κ2) is 9.20. The van der Waals surface area contributed by atoms with Crippen molar-refractivity contribution >= 4 is 28.2 Å². The van der Waals surface area contributed by atoms with E-state index in [1.54, 1.807) is 30.5 Å². The number of fused-ring (bicyclic) bond motifs is 2. The molecule has 4 aromatic rings. The molecule has 2 aliphatic rings. The summed E-state index contributed by atoms with van der Waals surface area (Å²) in [6, 6.07) is 30.2. The summed E-state index contributed by atoms with van der Waals surface area (Å²) in [5, 5.41) is 25.4. The van der Waals surface area contributed by atoms with Gasteiger partial charge >= 0.3 is 0 Å². The zero-order valence-electron chi connectivity index (χ0n) is 19.9. The normalized spacial score (nSPS) is 20.8. The van der Waals surface area contributed by atoms with Crippen LogP contribution < -0.4 is 5.32 Å². The maximum absolute atomic E-state index is 13.8. The molecule has 0 bridgehead atoms. The number of carbonyl (C=O) groups excluding carboxylic acids is 1. The number of hydrogen-bond donors (Lipinski definition) is 3. The standard InChI is InChI=1S/C30H25N3O4/c34-25-14-12-23(13-15-25)27-19-33-28(26(31-27)17-20-6-2-1-3-7-20)32-30(37-36,29(33)35)18-21-10-11-22-8-4-5-9-24(22)16-21/h1-16,19,26,31,34,36H,17-18H2/t26?,30-/m0/s1. The lowest BCUT2D eigenvalue weighted by molar-refractivity contribution is -0.308. The first kappa shape index (κ1) is 23.0. The van der Waals surface area contributed by atoms with Crippen molar-refractivity contribution in [2.75, 3.05) is 0 Å². The molecule has 0 saturated carbocycles. The molecule has 6 rings (SSSR count). The van der Waals surface area contributed by atoms with Crippen LogP contribution in [0.4, 0.5) is 0 Å². The average Bonchev–Trinajstić information content (AvgIpc) is 3.21. The van der Waals surface area contributed by atoms with Crippen molar-refractivity contribution in [3.63, 3.8) is 0 Å². The van der Waals surface area contributed by atoms with E-state index in [0.717, 1.165) is 27.5 Å². The number of aliphatic imine (C=N–C) groups is 1. The third kappa shape index (κ3) is 4.24. The number of phenols is 1. The molecular weight excluding hydrogens is 466 g/mol. The van der Waals surface area contributed by atoms with E-state index >= 15 is 0 Å². The molecule has 2 heterocycles. The van der Waals surface area contributed by atoms with E-state index in [2.05, 4.69) is 5.32 Å². The fourth-order valence-corrected chi connectivity index (χ4v) is 4.99. The van der Waals surface area contributed by atoms with Crippen molar-refractivity contribution in [1.82, 2.24) is 10.2 Å². The molecule has 7 heteroatoms. The van der Waals surface area contributed by atoms with Gasteiger partial charge in [-0.3, -0.25) is 9.69 Å². The first-order chi connectivity index (χ1) is 18.0. The van der Waals surface area contributed by atoms with Crippen LogP contribution in [0.1, 0.15) is 16.7 Å². The third-order valence-electron chi connectivity index (χ3n) is 6.86. The minimum atomic E-state index is -1.80. The fraction of sp³-hybridized carbons (Fsp3) is 0.133. The van der Waals surface area contributed by atoms with Crippen LogP contribution in [-0.2, 0) is 22.5 Å². The van der Waals surface area contributed by atoms with Gasteiger partial charge in [0.15, 0.2) is 0 Å². The van der Waals surface area contributed by atoms with E-state index in [0.29, 0.717) is 18.0 Å². The van der Waals surface area contributed by atoms with Crippen LogP contribution in [0.2, 0.25) is 0 Å². The first-order valence-corrected chi connectivity index (χ1v) is 12.1. The fourth-order valence-electron chi connectivity index (χ4n) is 4.99. The molecule has 2 aliphatic heterocycles. The quantitative estimate of drug-likeness (QED) is 0.268. The van der Waals surface area contributed by atoms with Gasteiger partial charge in [-0.1, -0.05) is 72.8 Å². The zero-order chi connectivity index (χ0) is 25.4. The monoisotopic (exact) mass is 491 g/mol. The summed E-state index contributed by atoms with van der Waals surface area (Å²) in [6.45, 7) is 0. The highest BCUT2D eigenvalue weighted by molar-refractivity contribution is 6.12. The molecule has 37 heavy (non-hydrogen) atoms. The summed E-state index contributed by atoms with van der Waals surface area (Å²) in [7, 11) is 0. The van der Waals surface area contributed by atoms with E-state index in [1.807, 2.05) is 72.8 Å². The zero-order valence-corrected chi connectivity index (χ0v) is 19.9. The van der Waals surface area contributed by atoms with Crippen LogP contribution in [0.15, 0.2) is 108 Å². The molecule has 184 valence electrons. The summed E-state index contributed by atoms with van der Waals surface area (Å²) in [6.07, 6.45) is 2.32. The second-order valence-corrected chi connectivity index (χ2v) is 9.36. The summed E-state index contributed by atoms with van der Waals surface area (Å²) < 4.78 is 0. The molecule has 0 saturated heterocycles.